The molecule has 0 aliphatic carbocycles. The number of benzene rings is 3. The minimum atomic E-state index is -0.194. The summed E-state index contributed by atoms with van der Waals surface area (Å²) in [4.78, 5) is 12.7. The summed E-state index contributed by atoms with van der Waals surface area (Å²) in [6, 6.07) is 17.7. The number of allylic oxidation sites excluding steroid dienone is 1. The summed E-state index contributed by atoms with van der Waals surface area (Å²) in [6.45, 7) is 8.48. The molecule has 1 amide bonds. The number of hydrogen-bond donors (Lipinski definition) is 1. The third kappa shape index (κ3) is 4.69. The van der Waals surface area contributed by atoms with E-state index in [4.69, 9.17) is 13.9 Å². The smallest absolute Gasteiger partial charge is 0.248 e. The van der Waals surface area contributed by atoms with Crippen molar-refractivity contribution in [3.8, 4) is 22.6 Å². The Balaban J connectivity index is 1.72. The molecule has 1 aromatic heterocycles. The molecule has 0 bridgehead atoms. The molecular weight excluding hydrogens is 426 g/mol. The lowest BCUT2D eigenvalue weighted by Crippen LogP contribution is -2.08. The van der Waals surface area contributed by atoms with Crippen molar-refractivity contribution in [2.45, 2.75) is 27.7 Å². The zero-order valence-corrected chi connectivity index (χ0v) is 20.2. The molecule has 174 valence electrons. The average Bonchev–Trinajstić information content (AvgIpc) is 3.25. The highest BCUT2D eigenvalue weighted by Crippen LogP contribution is 2.40. The number of aryl methyl sites for hydroxylation is 2. The van der Waals surface area contributed by atoms with Crippen LogP contribution in [0.25, 0.3) is 27.7 Å². The number of carbonyl (C=O) groups is 1. The number of amides is 1. The fourth-order valence-electron chi connectivity index (χ4n) is 4.08. The first-order chi connectivity index (χ1) is 16.4. The average molecular weight is 456 g/mol. The molecule has 4 rings (SSSR count). The van der Waals surface area contributed by atoms with Gasteiger partial charge in [0.05, 0.1) is 20.0 Å². The molecule has 1 N–H and O–H groups in total. The van der Waals surface area contributed by atoms with Crippen LogP contribution in [0.3, 0.4) is 0 Å². The number of anilines is 1. The SMILES string of the molecule is CCOc1ccc(-c2coc3c(C)c(OC)c(/C(C)=C/C(=O)Nc4ccc(C)cc4)cc23)cc1. The Morgan fingerprint density at radius 3 is 2.41 bits per heavy atom. The van der Waals surface area contributed by atoms with Crippen LogP contribution in [0, 0.1) is 13.8 Å². The summed E-state index contributed by atoms with van der Waals surface area (Å²) in [5.41, 5.74) is 7.19. The molecule has 34 heavy (non-hydrogen) atoms. The zero-order chi connectivity index (χ0) is 24.2. The fraction of sp³-hybridized carbons (Fsp3) is 0.207. The van der Waals surface area contributed by atoms with Gasteiger partial charge in [0.2, 0.25) is 5.91 Å². The Morgan fingerprint density at radius 1 is 1.06 bits per heavy atom. The quantitative estimate of drug-likeness (QED) is 0.300. The van der Waals surface area contributed by atoms with Gasteiger partial charge in [-0.1, -0.05) is 29.8 Å². The highest BCUT2D eigenvalue weighted by Gasteiger charge is 2.19. The Kier molecular flexibility index (Phi) is 6.73. The minimum Gasteiger partial charge on any atom is -0.496 e. The molecule has 0 aliphatic heterocycles. The first kappa shape index (κ1) is 23.2. The lowest BCUT2D eigenvalue weighted by molar-refractivity contribution is -0.111. The van der Waals surface area contributed by atoms with E-state index >= 15 is 0 Å². The second-order valence-electron chi connectivity index (χ2n) is 8.25. The summed E-state index contributed by atoms with van der Waals surface area (Å²) in [5.74, 6) is 1.33. The van der Waals surface area contributed by atoms with Crippen molar-refractivity contribution in [2.75, 3.05) is 19.0 Å². The first-order valence-corrected chi connectivity index (χ1v) is 11.3. The lowest BCUT2D eigenvalue weighted by Gasteiger charge is -2.13. The summed E-state index contributed by atoms with van der Waals surface area (Å²) in [6.07, 6.45) is 3.36. The molecule has 1 heterocycles. The van der Waals surface area contributed by atoms with Gasteiger partial charge in [-0.25, -0.2) is 0 Å². The normalized spacial score (nSPS) is 11.5. The van der Waals surface area contributed by atoms with E-state index in [1.54, 1.807) is 19.4 Å². The number of rotatable bonds is 7. The number of carbonyl (C=O) groups excluding carboxylic acids is 1. The van der Waals surface area contributed by atoms with Crippen LogP contribution < -0.4 is 14.8 Å². The molecule has 0 spiro atoms. The molecule has 0 radical (unpaired) electrons. The second kappa shape index (κ2) is 9.87. The van der Waals surface area contributed by atoms with Gasteiger partial charge in [-0.2, -0.15) is 0 Å². The van der Waals surface area contributed by atoms with E-state index in [-0.39, 0.29) is 5.91 Å². The maximum absolute atomic E-state index is 12.7. The van der Waals surface area contributed by atoms with Crippen LogP contribution in [0.2, 0.25) is 0 Å². The van der Waals surface area contributed by atoms with Gasteiger partial charge < -0.3 is 19.2 Å². The van der Waals surface area contributed by atoms with Gasteiger partial charge in [0.15, 0.2) is 0 Å². The topological polar surface area (TPSA) is 60.7 Å². The molecule has 5 heteroatoms. The third-order valence-corrected chi connectivity index (χ3v) is 5.82. The standard InChI is InChI=1S/C29H29NO4/c1-6-33-23-13-9-21(10-14-23)26-17-34-29-20(4)28(32-5)24(16-25(26)29)19(3)15-27(31)30-22-11-7-18(2)8-12-22/h7-17H,6H2,1-5H3,(H,30,31)/b19-15+. The number of furan rings is 1. The Labute approximate surface area is 200 Å². The highest BCUT2D eigenvalue weighted by molar-refractivity contribution is 6.06. The maximum atomic E-state index is 12.7. The van der Waals surface area contributed by atoms with Crippen LogP contribution in [0.5, 0.6) is 11.5 Å². The van der Waals surface area contributed by atoms with Crippen LogP contribution in [0.1, 0.15) is 30.5 Å². The van der Waals surface area contributed by atoms with Crippen LogP contribution in [-0.2, 0) is 4.79 Å². The van der Waals surface area contributed by atoms with Gasteiger partial charge in [-0.05, 0) is 69.2 Å². The summed E-state index contributed by atoms with van der Waals surface area (Å²) in [5, 5.41) is 3.88. The van der Waals surface area contributed by atoms with Gasteiger partial charge >= 0.3 is 0 Å². The van der Waals surface area contributed by atoms with Crippen LogP contribution in [-0.4, -0.2) is 19.6 Å². The molecule has 3 aromatic carbocycles. The molecule has 0 aliphatic rings. The summed E-state index contributed by atoms with van der Waals surface area (Å²) in [7, 11) is 1.63. The third-order valence-electron chi connectivity index (χ3n) is 5.82. The van der Waals surface area contributed by atoms with Crippen molar-refractivity contribution >= 4 is 28.1 Å². The lowest BCUT2D eigenvalue weighted by atomic mass is 9.96. The number of hydrogen-bond acceptors (Lipinski definition) is 4. The maximum Gasteiger partial charge on any atom is 0.248 e. The molecule has 0 fully saturated rings. The fourth-order valence-corrected chi connectivity index (χ4v) is 4.08. The Hall–Kier alpha value is -3.99. The van der Waals surface area contributed by atoms with Crippen molar-refractivity contribution in [1.82, 2.24) is 0 Å². The first-order valence-electron chi connectivity index (χ1n) is 11.3. The minimum absolute atomic E-state index is 0.194. The van der Waals surface area contributed by atoms with E-state index in [0.717, 1.165) is 55.8 Å². The summed E-state index contributed by atoms with van der Waals surface area (Å²) >= 11 is 0. The van der Waals surface area contributed by atoms with Crippen molar-refractivity contribution in [2.24, 2.45) is 0 Å². The Morgan fingerprint density at radius 2 is 1.76 bits per heavy atom. The highest BCUT2D eigenvalue weighted by atomic mass is 16.5. The van der Waals surface area contributed by atoms with E-state index in [1.165, 1.54) is 0 Å². The van der Waals surface area contributed by atoms with E-state index in [9.17, 15) is 4.79 Å². The predicted molar refractivity (Wildman–Crippen MR) is 138 cm³/mol. The number of fused-ring (bicyclic) bond motifs is 1. The molecule has 5 nitrogen and oxygen atoms in total. The van der Waals surface area contributed by atoms with E-state index < -0.39 is 0 Å². The molecule has 4 aromatic rings. The van der Waals surface area contributed by atoms with Crippen molar-refractivity contribution < 1.29 is 18.7 Å². The Bertz CT molecular complexity index is 1350. The monoisotopic (exact) mass is 455 g/mol. The molecular formula is C29H29NO4. The van der Waals surface area contributed by atoms with Gasteiger partial charge in [-0.3, -0.25) is 4.79 Å². The van der Waals surface area contributed by atoms with E-state index in [1.807, 2.05) is 82.3 Å². The van der Waals surface area contributed by atoms with E-state index in [2.05, 4.69) is 5.32 Å². The van der Waals surface area contributed by atoms with E-state index in [0.29, 0.717) is 12.4 Å². The summed E-state index contributed by atoms with van der Waals surface area (Å²) < 4.78 is 17.2. The molecule has 0 saturated carbocycles. The molecule has 0 saturated heterocycles. The number of methoxy groups -OCH3 is 1. The van der Waals surface area contributed by atoms with Gasteiger partial charge in [-0.15, -0.1) is 0 Å². The van der Waals surface area contributed by atoms with Crippen LogP contribution in [0.15, 0.2) is 71.4 Å². The van der Waals surface area contributed by atoms with Crippen LogP contribution >= 0.6 is 0 Å². The van der Waals surface area contributed by atoms with Gasteiger partial charge in [0.25, 0.3) is 0 Å². The van der Waals surface area contributed by atoms with Gasteiger partial charge in [0, 0.05) is 33.8 Å². The van der Waals surface area contributed by atoms with Crippen molar-refractivity contribution in [3.63, 3.8) is 0 Å². The number of ether oxygens (including phenoxy) is 2. The van der Waals surface area contributed by atoms with Crippen molar-refractivity contribution in [3.05, 3.63) is 83.6 Å². The second-order valence-corrected chi connectivity index (χ2v) is 8.25. The van der Waals surface area contributed by atoms with Crippen molar-refractivity contribution in [1.29, 1.82) is 0 Å². The largest absolute Gasteiger partial charge is 0.496 e. The zero-order valence-electron chi connectivity index (χ0n) is 20.2. The van der Waals surface area contributed by atoms with Crippen LogP contribution in [0.4, 0.5) is 5.69 Å². The number of nitrogens with one attached hydrogen (secondary N) is 1. The molecule has 0 unspecified atom stereocenters. The molecule has 0 atom stereocenters. The van der Waals surface area contributed by atoms with Gasteiger partial charge in [0.1, 0.15) is 17.1 Å². The predicted octanol–water partition coefficient (Wildman–Crippen LogP) is 7.17.